The summed E-state index contributed by atoms with van der Waals surface area (Å²) in [5, 5.41) is 0. The maximum Gasteiger partial charge on any atom is 0.235 e. The van der Waals surface area contributed by atoms with Crippen LogP contribution in [0.15, 0.2) is 23.2 Å². The molecule has 0 amide bonds. The summed E-state index contributed by atoms with van der Waals surface area (Å²) in [7, 11) is 0. The molecule has 12 heavy (non-hydrogen) atoms. The van der Waals surface area contributed by atoms with Crippen LogP contribution in [0, 0.1) is 11.6 Å². The molecule has 0 saturated heterocycles. The largest absolute Gasteiger partial charge is 0.235 e. The number of hydrogen-bond acceptors (Lipinski definition) is 2. The van der Waals surface area contributed by atoms with Gasteiger partial charge in [0.2, 0.25) is 6.08 Å². The van der Waals surface area contributed by atoms with Crippen molar-refractivity contribution in [3.8, 4) is 0 Å². The average molecular weight is 169 g/mol. The molecular formula is C8H5F2NO. The van der Waals surface area contributed by atoms with Crippen molar-refractivity contribution in [2.24, 2.45) is 4.99 Å². The number of nitrogens with zero attached hydrogens (tertiary/aromatic N) is 1. The average Bonchev–Trinajstić information content (AvgIpc) is 1.99. The van der Waals surface area contributed by atoms with Crippen LogP contribution in [0.1, 0.15) is 5.56 Å². The minimum atomic E-state index is -0.675. The first-order valence-corrected chi connectivity index (χ1v) is 3.21. The molecule has 1 aromatic carbocycles. The third-order valence-corrected chi connectivity index (χ3v) is 1.25. The molecule has 0 aliphatic heterocycles. The first-order chi connectivity index (χ1) is 5.72. The highest BCUT2D eigenvalue weighted by atomic mass is 19.1. The number of benzene rings is 1. The minimum absolute atomic E-state index is 0.0435. The lowest BCUT2D eigenvalue weighted by molar-refractivity contribution is 0.561. The van der Waals surface area contributed by atoms with Crippen LogP contribution in [0.4, 0.5) is 8.78 Å². The van der Waals surface area contributed by atoms with Gasteiger partial charge in [0.05, 0.1) is 6.54 Å². The Bertz CT molecular complexity index is 312. The Morgan fingerprint density at radius 2 is 1.83 bits per heavy atom. The smallest absolute Gasteiger partial charge is 0.211 e. The Kier molecular flexibility index (Phi) is 2.66. The molecule has 0 atom stereocenters. The van der Waals surface area contributed by atoms with Gasteiger partial charge in [0, 0.05) is 6.07 Å². The van der Waals surface area contributed by atoms with Crippen LogP contribution in [-0.2, 0) is 11.3 Å². The van der Waals surface area contributed by atoms with Crippen LogP contribution in [0.3, 0.4) is 0 Å². The second kappa shape index (κ2) is 3.74. The zero-order chi connectivity index (χ0) is 8.97. The van der Waals surface area contributed by atoms with Crippen LogP contribution < -0.4 is 0 Å². The molecule has 0 radical (unpaired) electrons. The van der Waals surface area contributed by atoms with Crippen LogP contribution in [0.25, 0.3) is 0 Å². The second-order valence-electron chi connectivity index (χ2n) is 2.19. The maximum atomic E-state index is 12.5. The second-order valence-corrected chi connectivity index (χ2v) is 2.19. The Labute approximate surface area is 67.5 Å². The monoisotopic (exact) mass is 169 g/mol. The SMILES string of the molecule is O=C=NCc1cc(F)cc(F)c1. The van der Waals surface area contributed by atoms with E-state index in [2.05, 4.69) is 4.99 Å². The van der Waals surface area contributed by atoms with Gasteiger partial charge in [-0.25, -0.2) is 18.6 Å². The standard InChI is InChI=1S/C8H5F2NO/c9-7-1-6(4-11-5-12)2-8(10)3-7/h1-3H,4H2. The van der Waals surface area contributed by atoms with E-state index in [0.717, 1.165) is 18.2 Å². The molecule has 0 spiro atoms. The molecule has 0 aliphatic rings. The molecule has 0 N–H and O–H groups in total. The molecule has 0 aliphatic carbocycles. The lowest BCUT2D eigenvalue weighted by atomic mass is 10.2. The van der Waals surface area contributed by atoms with Crippen molar-refractivity contribution >= 4 is 6.08 Å². The van der Waals surface area contributed by atoms with Crippen molar-refractivity contribution in [2.75, 3.05) is 0 Å². The normalized spacial score (nSPS) is 9.17. The van der Waals surface area contributed by atoms with Gasteiger partial charge >= 0.3 is 0 Å². The summed E-state index contributed by atoms with van der Waals surface area (Å²) in [6.07, 6.45) is 1.29. The Morgan fingerprint density at radius 1 is 1.25 bits per heavy atom. The fourth-order valence-corrected chi connectivity index (χ4v) is 0.826. The van der Waals surface area contributed by atoms with Crippen LogP contribution in [0.5, 0.6) is 0 Å². The summed E-state index contributed by atoms with van der Waals surface area (Å²) in [5.74, 6) is -1.35. The van der Waals surface area contributed by atoms with E-state index in [1.807, 2.05) is 0 Å². The maximum absolute atomic E-state index is 12.5. The molecule has 0 aromatic heterocycles. The Morgan fingerprint density at radius 3 is 2.33 bits per heavy atom. The van der Waals surface area contributed by atoms with Gasteiger partial charge in [-0.1, -0.05) is 0 Å². The van der Waals surface area contributed by atoms with Gasteiger partial charge in [0.1, 0.15) is 11.6 Å². The zero-order valence-electron chi connectivity index (χ0n) is 6.05. The van der Waals surface area contributed by atoms with Gasteiger partial charge in [-0.3, -0.25) is 0 Å². The molecule has 1 aromatic rings. The number of aliphatic imine (C=N–C) groups is 1. The van der Waals surface area contributed by atoms with Crippen molar-refractivity contribution < 1.29 is 13.6 Å². The third-order valence-electron chi connectivity index (χ3n) is 1.25. The van der Waals surface area contributed by atoms with Crippen LogP contribution >= 0.6 is 0 Å². The molecule has 0 bridgehead atoms. The number of halogens is 2. The van der Waals surface area contributed by atoms with Gasteiger partial charge in [-0.05, 0) is 17.7 Å². The topological polar surface area (TPSA) is 29.4 Å². The highest BCUT2D eigenvalue weighted by Gasteiger charge is 1.98. The van der Waals surface area contributed by atoms with Gasteiger partial charge in [0.15, 0.2) is 0 Å². The lowest BCUT2D eigenvalue weighted by Crippen LogP contribution is -1.86. The van der Waals surface area contributed by atoms with E-state index in [1.165, 1.54) is 6.08 Å². The van der Waals surface area contributed by atoms with Gasteiger partial charge < -0.3 is 0 Å². The van der Waals surface area contributed by atoms with E-state index in [-0.39, 0.29) is 6.54 Å². The molecule has 0 saturated carbocycles. The zero-order valence-corrected chi connectivity index (χ0v) is 6.05. The number of carbonyl (C=O) groups excluding carboxylic acids is 1. The molecule has 4 heteroatoms. The highest BCUT2D eigenvalue weighted by molar-refractivity contribution is 5.33. The van der Waals surface area contributed by atoms with Crippen LogP contribution in [-0.4, -0.2) is 6.08 Å². The van der Waals surface area contributed by atoms with E-state index in [9.17, 15) is 13.6 Å². The summed E-state index contributed by atoms with van der Waals surface area (Å²) in [6, 6.07) is 2.99. The molecule has 0 unspecified atom stereocenters. The molecular weight excluding hydrogens is 164 g/mol. The summed E-state index contributed by atoms with van der Waals surface area (Å²) in [6.45, 7) is -0.0435. The van der Waals surface area contributed by atoms with Crippen LogP contribution in [0.2, 0.25) is 0 Å². The first kappa shape index (κ1) is 8.56. The summed E-state index contributed by atoms with van der Waals surface area (Å²) < 4.78 is 25.0. The lowest BCUT2D eigenvalue weighted by Gasteiger charge is -1.95. The Hall–Kier alpha value is -1.54. The quantitative estimate of drug-likeness (QED) is 0.490. The van der Waals surface area contributed by atoms with Gasteiger partial charge in [-0.15, -0.1) is 0 Å². The van der Waals surface area contributed by atoms with E-state index in [4.69, 9.17) is 0 Å². The predicted molar refractivity (Wildman–Crippen MR) is 38.2 cm³/mol. The predicted octanol–water partition coefficient (Wildman–Crippen LogP) is 1.80. The fourth-order valence-electron chi connectivity index (χ4n) is 0.826. The van der Waals surface area contributed by atoms with E-state index in [1.54, 1.807) is 0 Å². The fraction of sp³-hybridized carbons (Fsp3) is 0.125. The number of rotatable bonds is 2. The van der Waals surface area contributed by atoms with Crippen molar-refractivity contribution in [3.05, 3.63) is 35.4 Å². The summed E-state index contributed by atoms with van der Waals surface area (Å²) in [5.41, 5.74) is 0.316. The molecule has 1 rings (SSSR count). The van der Waals surface area contributed by atoms with Crippen molar-refractivity contribution in [1.82, 2.24) is 0 Å². The molecule has 0 heterocycles. The van der Waals surface area contributed by atoms with E-state index < -0.39 is 11.6 Å². The molecule has 2 nitrogen and oxygen atoms in total. The minimum Gasteiger partial charge on any atom is -0.211 e. The summed E-state index contributed by atoms with van der Waals surface area (Å²) >= 11 is 0. The van der Waals surface area contributed by atoms with E-state index >= 15 is 0 Å². The van der Waals surface area contributed by atoms with Gasteiger partial charge in [-0.2, -0.15) is 0 Å². The highest BCUT2D eigenvalue weighted by Crippen LogP contribution is 2.08. The molecule has 0 fully saturated rings. The number of isocyanates is 1. The summed E-state index contributed by atoms with van der Waals surface area (Å²) in [4.78, 5) is 12.9. The first-order valence-electron chi connectivity index (χ1n) is 3.21. The van der Waals surface area contributed by atoms with Gasteiger partial charge in [0.25, 0.3) is 0 Å². The molecule has 62 valence electrons. The van der Waals surface area contributed by atoms with E-state index in [0.29, 0.717) is 5.56 Å². The van der Waals surface area contributed by atoms with Crippen molar-refractivity contribution in [1.29, 1.82) is 0 Å². The Balaban J connectivity index is 2.92. The van der Waals surface area contributed by atoms with Crippen molar-refractivity contribution in [2.45, 2.75) is 6.54 Å². The number of hydrogen-bond donors (Lipinski definition) is 0. The van der Waals surface area contributed by atoms with Crippen molar-refractivity contribution in [3.63, 3.8) is 0 Å². The third kappa shape index (κ3) is 2.25.